The third-order valence-electron chi connectivity index (χ3n) is 4.02. The molecule has 3 rings (SSSR count). The van der Waals surface area contributed by atoms with E-state index in [1.54, 1.807) is 6.92 Å². The smallest absolute Gasteiger partial charge is 0.358 e. The van der Waals surface area contributed by atoms with Gasteiger partial charge in [-0.3, -0.25) is 4.79 Å². The largest absolute Gasteiger partial charge is 0.390 e. The standard InChI is InChI=1S/C15H17N7O4/c1-9-4-5-11(20(9)3)7-16-14(23)15-17-12(19-26-15)8-21-10(2)6-13(18-21)22(24)25/h4-6H,7-8H2,1-3H3,(H,16,23). The molecular weight excluding hydrogens is 342 g/mol. The maximum atomic E-state index is 12.1. The average molecular weight is 359 g/mol. The monoisotopic (exact) mass is 359 g/mol. The second-order valence-electron chi connectivity index (χ2n) is 5.78. The van der Waals surface area contributed by atoms with Crippen molar-refractivity contribution in [3.8, 4) is 0 Å². The Morgan fingerprint density at radius 1 is 1.35 bits per heavy atom. The van der Waals surface area contributed by atoms with Gasteiger partial charge in [-0.2, -0.15) is 9.67 Å². The van der Waals surface area contributed by atoms with E-state index < -0.39 is 10.8 Å². The fourth-order valence-electron chi connectivity index (χ4n) is 2.38. The molecule has 0 aliphatic heterocycles. The molecule has 0 aromatic carbocycles. The Kier molecular flexibility index (Phi) is 4.52. The summed E-state index contributed by atoms with van der Waals surface area (Å²) in [5, 5.41) is 21.0. The van der Waals surface area contributed by atoms with Gasteiger partial charge in [0.05, 0.1) is 23.4 Å². The van der Waals surface area contributed by atoms with Crippen LogP contribution in [0, 0.1) is 24.0 Å². The lowest BCUT2D eigenvalue weighted by atomic mass is 10.4. The van der Waals surface area contributed by atoms with Gasteiger partial charge in [0, 0.05) is 18.4 Å². The number of hydrogen-bond donors (Lipinski definition) is 1. The predicted molar refractivity (Wildman–Crippen MR) is 88.3 cm³/mol. The van der Waals surface area contributed by atoms with Crippen molar-refractivity contribution in [3.05, 3.63) is 57.1 Å². The van der Waals surface area contributed by atoms with Crippen molar-refractivity contribution in [1.82, 2.24) is 29.8 Å². The zero-order valence-electron chi connectivity index (χ0n) is 14.5. The van der Waals surface area contributed by atoms with Gasteiger partial charge in [0.25, 0.3) is 0 Å². The normalized spacial score (nSPS) is 10.9. The molecule has 1 N–H and O–H groups in total. The van der Waals surface area contributed by atoms with E-state index in [0.29, 0.717) is 12.2 Å². The van der Waals surface area contributed by atoms with Gasteiger partial charge < -0.3 is 24.5 Å². The van der Waals surface area contributed by atoms with Crippen LogP contribution in [0.25, 0.3) is 0 Å². The van der Waals surface area contributed by atoms with Gasteiger partial charge in [-0.25, -0.2) is 0 Å². The number of nitrogens with zero attached hydrogens (tertiary/aromatic N) is 6. The lowest BCUT2D eigenvalue weighted by molar-refractivity contribution is -0.389. The molecule has 0 bridgehead atoms. The molecule has 26 heavy (non-hydrogen) atoms. The molecule has 0 aliphatic rings. The van der Waals surface area contributed by atoms with E-state index in [-0.39, 0.29) is 24.1 Å². The Morgan fingerprint density at radius 3 is 2.73 bits per heavy atom. The number of aryl methyl sites for hydroxylation is 2. The molecule has 0 unspecified atom stereocenters. The Morgan fingerprint density at radius 2 is 2.12 bits per heavy atom. The van der Waals surface area contributed by atoms with Crippen molar-refractivity contribution in [1.29, 1.82) is 0 Å². The van der Waals surface area contributed by atoms with Crippen molar-refractivity contribution >= 4 is 11.7 Å². The SMILES string of the molecule is Cc1cc([N+](=O)[O-])nn1Cc1noc(C(=O)NCc2ccc(C)n2C)n1. The molecule has 3 aromatic rings. The molecule has 11 heteroatoms. The number of rotatable bonds is 6. The highest BCUT2D eigenvalue weighted by Gasteiger charge is 2.20. The van der Waals surface area contributed by atoms with Crippen molar-refractivity contribution in [2.24, 2.45) is 7.05 Å². The molecule has 3 aromatic heterocycles. The molecule has 0 saturated heterocycles. The Bertz CT molecular complexity index is 969. The molecule has 0 aliphatic carbocycles. The summed E-state index contributed by atoms with van der Waals surface area (Å²) in [7, 11) is 1.91. The highest BCUT2D eigenvalue weighted by atomic mass is 16.6. The summed E-state index contributed by atoms with van der Waals surface area (Å²) in [5.74, 6) is -0.733. The summed E-state index contributed by atoms with van der Waals surface area (Å²) in [5.41, 5.74) is 2.60. The zero-order chi connectivity index (χ0) is 18.8. The second-order valence-corrected chi connectivity index (χ2v) is 5.78. The van der Waals surface area contributed by atoms with Crippen LogP contribution in [-0.4, -0.2) is 35.3 Å². The van der Waals surface area contributed by atoms with Crippen LogP contribution in [0.1, 0.15) is 33.6 Å². The topological polar surface area (TPSA) is 134 Å². The van der Waals surface area contributed by atoms with Gasteiger partial charge in [-0.15, -0.1) is 0 Å². The van der Waals surface area contributed by atoms with Crippen molar-refractivity contribution in [3.63, 3.8) is 0 Å². The average Bonchev–Trinajstić information content (AvgIpc) is 3.29. The van der Waals surface area contributed by atoms with E-state index in [0.717, 1.165) is 11.4 Å². The van der Waals surface area contributed by atoms with Crippen LogP contribution in [0.5, 0.6) is 0 Å². The molecule has 0 saturated carbocycles. The summed E-state index contributed by atoms with van der Waals surface area (Å²) in [4.78, 5) is 26.3. The lowest BCUT2D eigenvalue weighted by Crippen LogP contribution is -2.24. The van der Waals surface area contributed by atoms with Gasteiger partial charge in [-0.05, 0) is 30.9 Å². The van der Waals surface area contributed by atoms with E-state index in [9.17, 15) is 14.9 Å². The zero-order valence-corrected chi connectivity index (χ0v) is 14.5. The summed E-state index contributed by atoms with van der Waals surface area (Å²) >= 11 is 0. The third kappa shape index (κ3) is 3.45. The van der Waals surface area contributed by atoms with Gasteiger partial charge in [0.2, 0.25) is 0 Å². The molecule has 1 amide bonds. The van der Waals surface area contributed by atoms with Crippen LogP contribution in [0.3, 0.4) is 0 Å². The first kappa shape index (κ1) is 17.3. The fourth-order valence-corrected chi connectivity index (χ4v) is 2.38. The van der Waals surface area contributed by atoms with Crippen molar-refractivity contribution in [2.45, 2.75) is 26.9 Å². The summed E-state index contributed by atoms with van der Waals surface area (Å²) in [6.07, 6.45) is 0. The maximum Gasteiger partial charge on any atom is 0.390 e. The highest BCUT2D eigenvalue weighted by Crippen LogP contribution is 2.12. The van der Waals surface area contributed by atoms with Crippen molar-refractivity contribution < 1.29 is 14.2 Å². The van der Waals surface area contributed by atoms with Crippen LogP contribution in [0.15, 0.2) is 22.7 Å². The number of nitro groups is 1. The molecule has 11 nitrogen and oxygen atoms in total. The van der Waals surface area contributed by atoms with Crippen LogP contribution in [-0.2, 0) is 20.1 Å². The minimum Gasteiger partial charge on any atom is -0.358 e. The van der Waals surface area contributed by atoms with Crippen LogP contribution >= 0.6 is 0 Å². The molecule has 0 radical (unpaired) electrons. The lowest BCUT2D eigenvalue weighted by Gasteiger charge is -2.05. The Balaban J connectivity index is 1.64. The number of aromatic nitrogens is 5. The quantitative estimate of drug-likeness (QED) is 0.514. The van der Waals surface area contributed by atoms with E-state index in [4.69, 9.17) is 4.52 Å². The van der Waals surface area contributed by atoms with Crippen LogP contribution in [0.2, 0.25) is 0 Å². The first-order chi connectivity index (χ1) is 12.3. The first-order valence-electron chi connectivity index (χ1n) is 7.76. The van der Waals surface area contributed by atoms with Gasteiger partial charge in [0.1, 0.15) is 6.54 Å². The summed E-state index contributed by atoms with van der Waals surface area (Å²) < 4.78 is 8.30. The molecule has 136 valence electrons. The van der Waals surface area contributed by atoms with E-state index in [1.807, 2.05) is 30.7 Å². The number of nitrogens with one attached hydrogen (secondary N) is 1. The van der Waals surface area contributed by atoms with E-state index in [2.05, 4.69) is 20.6 Å². The molecule has 0 spiro atoms. The molecular formula is C15H17N7O4. The highest BCUT2D eigenvalue weighted by molar-refractivity contribution is 5.89. The second kappa shape index (κ2) is 6.78. The van der Waals surface area contributed by atoms with Crippen molar-refractivity contribution in [2.75, 3.05) is 0 Å². The summed E-state index contributed by atoms with van der Waals surface area (Å²) in [6, 6.07) is 5.22. The predicted octanol–water partition coefficient (Wildman–Crippen LogP) is 1.11. The van der Waals surface area contributed by atoms with Crippen LogP contribution in [0.4, 0.5) is 5.82 Å². The number of amides is 1. The maximum absolute atomic E-state index is 12.1. The third-order valence-corrected chi connectivity index (χ3v) is 4.02. The summed E-state index contributed by atoms with van der Waals surface area (Å²) in [6.45, 7) is 4.03. The Hall–Kier alpha value is -3.50. The van der Waals surface area contributed by atoms with Crippen LogP contribution < -0.4 is 5.32 Å². The molecule has 0 fully saturated rings. The van der Waals surface area contributed by atoms with Gasteiger partial charge >= 0.3 is 17.6 Å². The van der Waals surface area contributed by atoms with Gasteiger partial charge in [0.15, 0.2) is 5.82 Å². The number of hydrogen-bond acceptors (Lipinski definition) is 7. The minimum absolute atomic E-state index is 0.0630. The van der Waals surface area contributed by atoms with Gasteiger partial charge in [-0.1, -0.05) is 5.16 Å². The molecule has 0 atom stereocenters. The fraction of sp³-hybridized carbons (Fsp3) is 0.333. The molecule has 3 heterocycles. The number of carbonyl (C=O) groups is 1. The first-order valence-corrected chi connectivity index (χ1v) is 7.76. The van der Waals surface area contributed by atoms with E-state index >= 15 is 0 Å². The number of carbonyl (C=O) groups excluding carboxylic acids is 1. The van der Waals surface area contributed by atoms with E-state index in [1.165, 1.54) is 10.7 Å². The minimum atomic E-state index is -0.579. The Labute approximate surface area is 147 Å².